The van der Waals surface area contributed by atoms with E-state index in [0.29, 0.717) is 6.04 Å². The molecule has 0 spiro atoms. The Balaban J connectivity index is 1.87. The molecule has 1 N–H and O–H groups in total. The van der Waals surface area contributed by atoms with E-state index >= 15 is 0 Å². The number of nitriles is 1. The molecule has 0 aliphatic heterocycles. The summed E-state index contributed by atoms with van der Waals surface area (Å²) in [6.07, 6.45) is 2.45. The minimum Gasteiger partial charge on any atom is -0.298 e. The molecule has 1 saturated carbocycles. The molecule has 0 radical (unpaired) electrons. The lowest BCUT2D eigenvalue weighted by Crippen LogP contribution is -2.31. The molecule has 0 heterocycles. The van der Waals surface area contributed by atoms with E-state index < -0.39 is 0 Å². The van der Waals surface area contributed by atoms with Gasteiger partial charge in [0.05, 0.1) is 6.07 Å². The zero-order chi connectivity index (χ0) is 13.9. The Hall–Kier alpha value is -0.980. The van der Waals surface area contributed by atoms with Crippen LogP contribution in [0.1, 0.15) is 39.2 Å². The van der Waals surface area contributed by atoms with Crippen molar-refractivity contribution in [3.63, 3.8) is 0 Å². The SMILES string of the molecule is CC(C)(C)c1ccc(SCC(C#N)NC2CC2)cc1. The first-order chi connectivity index (χ1) is 8.99. The van der Waals surface area contributed by atoms with Gasteiger partial charge in [0, 0.05) is 16.7 Å². The fraction of sp³-hybridized carbons (Fsp3) is 0.562. The third-order valence-electron chi connectivity index (χ3n) is 3.31. The number of nitrogens with one attached hydrogen (secondary N) is 1. The maximum absolute atomic E-state index is 9.11. The van der Waals surface area contributed by atoms with Crippen molar-refractivity contribution in [1.82, 2.24) is 5.32 Å². The highest BCUT2D eigenvalue weighted by Crippen LogP contribution is 2.26. The predicted octanol–water partition coefficient (Wildman–Crippen LogP) is 3.72. The predicted molar refractivity (Wildman–Crippen MR) is 81.4 cm³/mol. The van der Waals surface area contributed by atoms with Gasteiger partial charge >= 0.3 is 0 Å². The number of nitrogens with zero attached hydrogens (tertiary/aromatic N) is 1. The van der Waals surface area contributed by atoms with Crippen LogP contribution in [-0.4, -0.2) is 17.8 Å². The Morgan fingerprint density at radius 3 is 2.42 bits per heavy atom. The summed E-state index contributed by atoms with van der Waals surface area (Å²) in [5.74, 6) is 0.821. The summed E-state index contributed by atoms with van der Waals surface area (Å²) < 4.78 is 0. The fourth-order valence-corrected chi connectivity index (χ4v) is 2.75. The number of hydrogen-bond donors (Lipinski definition) is 1. The van der Waals surface area contributed by atoms with Crippen molar-refractivity contribution in [3.8, 4) is 6.07 Å². The Kier molecular flexibility index (Phi) is 4.54. The molecule has 1 atom stereocenters. The van der Waals surface area contributed by atoms with Gasteiger partial charge in [0.15, 0.2) is 0 Å². The third-order valence-corrected chi connectivity index (χ3v) is 4.41. The summed E-state index contributed by atoms with van der Waals surface area (Å²) in [5, 5.41) is 12.5. The molecule has 1 unspecified atom stereocenters. The van der Waals surface area contributed by atoms with Crippen LogP contribution in [0.5, 0.6) is 0 Å². The maximum atomic E-state index is 9.11. The van der Waals surface area contributed by atoms with Crippen molar-refractivity contribution in [3.05, 3.63) is 29.8 Å². The average molecular weight is 274 g/mol. The van der Waals surface area contributed by atoms with E-state index in [-0.39, 0.29) is 11.5 Å². The van der Waals surface area contributed by atoms with Gasteiger partial charge in [-0.05, 0) is 36.0 Å². The topological polar surface area (TPSA) is 35.8 Å². The quantitative estimate of drug-likeness (QED) is 0.831. The van der Waals surface area contributed by atoms with Crippen LogP contribution in [0.25, 0.3) is 0 Å². The molecule has 1 fully saturated rings. The number of benzene rings is 1. The maximum Gasteiger partial charge on any atom is 0.105 e. The van der Waals surface area contributed by atoms with Gasteiger partial charge < -0.3 is 0 Å². The molecule has 3 heteroatoms. The fourth-order valence-electron chi connectivity index (χ4n) is 1.89. The molecule has 2 rings (SSSR count). The van der Waals surface area contributed by atoms with Gasteiger partial charge in [-0.1, -0.05) is 32.9 Å². The number of thioether (sulfide) groups is 1. The highest BCUT2D eigenvalue weighted by molar-refractivity contribution is 7.99. The van der Waals surface area contributed by atoms with Crippen molar-refractivity contribution in [2.45, 2.75) is 56.0 Å². The van der Waals surface area contributed by atoms with Crippen molar-refractivity contribution >= 4 is 11.8 Å². The average Bonchev–Trinajstić information content (AvgIpc) is 3.18. The largest absolute Gasteiger partial charge is 0.298 e. The van der Waals surface area contributed by atoms with Crippen LogP contribution in [0.3, 0.4) is 0 Å². The molecular weight excluding hydrogens is 252 g/mol. The molecule has 1 aromatic rings. The van der Waals surface area contributed by atoms with Crippen molar-refractivity contribution in [2.75, 3.05) is 5.75 Å². The first-order valence-electron chi connectivity index (χ1n) is 6.88. The molecule has 0 bridgehead atoms. The van der Waals surface area contributed by atoms with E-state index in [2.05, 4.69) is 56.4 Å². The van der Waals surface area contributed by atoms with Crippen molar-refractivity contribution in [2.24, 2.45) is 0 Å². The van der Waals surface area contributed by atoms with Crippen LogP contribution in [0.15, 0.2) is 29.2 Å². The van der Waals surface area contributed by atoms with Gasteiger partial charge in [-0.15, -0.1) is 11.8 Å². The second-order valence-corrected chi connectivity index (χ2v) is 7.30. The standard InChI is InChI=1S/C16H22N2S/c1-16(2,3)12-4-8-15(9-5-12)19-11-14(10-17)18-13-6-7-13/h4-5,8-9,13-14,18H,6-7,11H2,1-3H3. The van der Waals surface area contributed by atoms with Gasteiger partial charge in [-0.3, -0.25) is 5.32 Å². The third kappa shape index (κ3) is 4.56. The number of hydrogen-bond acceptors (Lipinski definition) is 3. The summed E-state index contributed by atoms with van der Waals surface area (Å²) in [6.45, 7) is 6.67. The van der Waals surface area contributed by atoms with Crippen molar-refractivity contribution in [1.29, 1.82) is 5.26 Å². The smallest absolute Gasteiger partial charge is 0.105 e. The normalized spacial score (nSPS) is 16.9. The molecular formula is C16H22N2S. The molecule has 0 aromatic heterocycles. The summed E-state index contributed by atoms with van der Waals surface area (Å²) >= 11 is 1.76. The molecule has 1 aliphatic carbocycles. The zero-order valence-corrected chi connectivity index (χ0v) is 12.8. The molecule has 102 valence electrons. The minimum absolute atomic E-state index is 0.0280. The highest BCUT2D eigenvalue weighted by atomic mass is 32.2. The highest BCUT2D eigenvalue weighted by Gasteiger charge is 2.24. The van der Waals surface area contributed by atoms with E-state index in [0.717, 1.165) is 5.75 Å². The molecule has 19 heavy (non-hydrogen) atoms. The van der Waals surface area contributed by atoms with Crippen LogP contribution < -0.4 is 5.32 Å². The van der Waals surface area contributed by atoms with Crippen molar-refractivity contribution < 1.29 is 0 Å². The lowest BCUT2D eigenvalue weighted by atomic mass is 9.87. The van der Waals surface area contributed by atoms with E-state index in [4.69, 9.17) is 5.26 Å². The minimum atomic E-state index is -0.0280. The van der Waals surface area contributed by atoms with Gasteiger partial charge in [0.1, 0.15) is 6.04 Å². The van der Waals surface area contributed by atoms with Gasteiger partial charge in [-0.2, -0.15) is 5.26 Å². The first-order valence-corrected chi connectivity index (χ1v) is 7.86. The van der Waals surface area contributed by atoms with Gasteiger partial charge in [-0.25, -0.2) is 0 Å². The second kappa shape index (κ2) is 5.98. The lowest BCUT2D eigenvalue weighted by molar-refractivity contribution is 0.589. The zero-order valence-electron chi connectivity index (χ0n) is 11.9. The van der Waals surface area contributed by atoms with Crippen LogP contribution in [0.4, 0.5) is 0 Å². The molecule has 2 nitrogen and oxygen atoms in total. The summed E-state index contributed by atoms with van der Waals surface area (Å²) in [7, 11) is 0. The van der Waals surface area contributed by atoms with Crippen LogP contribution >= 0.6 is 11.8 Å². The van der Waals surface area contributed by atoms with Gasteiger partial charge in [0.25, 0.3) is 0 Å². The van der Waals surface area contributed by atoms with E-state index in [1.807, 2.05) is 0 Å². The Bertz CT molecular complexity index is 449. The number of rotatable bonds is 5. The summed E-state index contributed by atoms with van der Waals surface area (Å²) in [5.41, 5.74) is 1.55. The molecule has 0 amide bonds. The first kappa shape index (κ1) is 14.4. The molecule has 1 aliphatic rings. The lowest BCUT2D eigenvalue weighted by Gasteiger charge is -2.19. The van der Waals surface area contributed by atoms with E-state index in [9.17, 15) is 0 Å². The van der Waals surface area contributed by atoms with E-state index in [1.54, 1.807) is 11.8 Å². The molecule has 0 saturated heterocycles. The molecule has 1 aromatic carbocycles. The Morgan fingerprint density at radius 2 is 1.95 bits per heavy atom. The summed E-state index contributed by atoms with van der Waals surface area (Å²) in [6, 6.07) is 11.6. The Morgan fingerprint density at radius 1 is 1.32 bits per heavy atom. The summed E-state index contributed by atoms with van der Waals surface area (Å²) in [4.78, 5) is 1.24. The van der Waals surface area contributed by atoms with Gasteiger partial charge in [0.2, 0.25) is 0 Å². The van der Waals surface area contributed by atoms with Crippen LogP contribution in [-0.2, 0) is 5.41 Å². The monoisotopic (exact) mass is 274 g/mol. The van der Waals surface area contributed by atoms with Crippen LogP contribution in [0.2, 0.25) is 0 Å². The van der Waals surface area contributed by atoms with Crippen LogP contribution in [0, 0.1) is 11.3 Å². The Labute approximate surface area is 120 Å². The second-order valence-electron chi connectivity index (χ2n) is 6.21. The van der Waals surface area contributed by atoms with E-state index in [1.165, 1.54) is 23.3 Å².